The minimum absolute atomic E-state index is 0.196. The summed E-state index contributed by atoms with van der Waals surface area (Å²) in [6.45, 7) is 6.73. The molecule has 2 N–H and O–H groups in total. The van der Waals surface area contributed by atoms with E-state index in [2.05, 4.69) is 39.7 Å². The van der Waals surface area contributed by atoms with Gasteiger partial charge in [-0.2, -0.15) is 0 Å². The fraction of sp³-hybridized carbons (Fsp3) is 0.478. The van der Waals surface area contributed by atoms with Gasteiger partial charge in [-0.3, -0.25) is 4.99 Å². The maximum Gasteiger partial charge on any atom is 0.218 e. The predicted molar refractivity (Wildman–Crippen MR) is 120 cm³/mol. The first kappa shape index (κ1) is 22.7. The van der Waals surface area contributed by atoms with Gasteiger partial charge in [-0.05, 0) is 32.0 Å². The van der Waals surface area contributed by atoms with Crippen LogP contribution in [0.5, 0.6) is 17.4 Å². The number of guanidine groups is 1. The molecule has 168 valence electrons. The monoisotopic (exact) mass is 428 g/mol. The Morgan fingerprint density at radius 2 is 2.00 bits per heavy atom. The number of nitrogens with zero attached hydrogens (tertiary/aromatic N) is 2. The molecule has 0 radical (unpaired) electrons. The highest BCUT2D eigenvalue weighted by atomic mass is 16.5. The van der Waals surface area contributed by atoms with Crippen molar-refractivity contribution in [2.75, 3.05) is 34.0 Å². The Hall–Kier alpha value is -3.00. The minimum Gasteiger partial charge on any atom is -0.494 e. The summed E-state index contributed by atoms with van der Waals surface area (Å²) in [7, 11) is 3.39. The molecule has 1 aliphatic heterocycles. The highest BCUT2D eigenvalue weighted by Crippen LogP contribution is 2.35. The molecule has 1 aromatic heterocycles. The van der Waals surface area contributed by atoms with Crippen LogP contribution in [0.4, 0.5) is 0 Å². The van der Waals surface area contributed by atoms with Gasteiger partial charge in [0.15, 0.2) is 5.96 Å². The van der Waals surface area contributed by atoms with Crippen LogP contribution in [0.2, 0.25) is 0 Å². The van der Waals surface area contributed by atoms with E-state index < -0.39 is 0 Å². The second-order valence-electron chi connectivity index (χ2n) is 7.22. The molecule has 0 aliphatic carbocycles. The van der Waals surface area contributed by atoms with Gasteiger partial charge in [-0.25, -0.2) is 4.98 Å². The topological polar surface area (TPSA) is 86.2 Å². The van der Waals surface area contributed by atoms with Crippen molar-refractivity contribution < 1.29 is 18.9 Å². The molecule has 0 fully saturated rings. The van der Waals surface area contributed by atoms with Crippen LogP contribution in [0, 0.1) is 0 Å². The van der Waals surface area contributed by atoms with Gasteiger partial charge in [-0.1, -0.05) is 6.07 Å². The number of hydrogen-bond donors (Lipinski definition) is 2. The zero-order valence-electron chi connectivity index (χ0n) is 18.7. The van der Waals surface area contributed by atoms with Crippen molar-refractivity contribution in [1.82, 2.24) is 15.6 Å². The van der Waals surface area contributed by atoms with Crippen LogP contribution < -0.4 is 24.8 Å². The lowest BCUT2D eigenvalue weighted by atomic mass is 10.1. The van der Waals surface area contributed by atoms with E-state index in [1.165, 1.54) is 5.56 Å². The SMILES string of the molecule is CCOc1cc2c(cc1CNC(=NC)NCc1cccnc1OCCOC)OC(C)C2. The number of rotatable bonds is 10. The van der Waals surface area contributed by atoms with Crippen LogP contribution >= 0.6 is 0 Å². The van der Waals surface area contributed by atoms with E-state index in [0.29, 0.717) is 44.7 Å². The lowest BCUT2D eigenvalue weighted by Crippen LogP contribution is -2.36. The molecule has 1 atom stereocenters. The van der Waals surface area contributed by atoms with Crippen molar-refractivity contribution in [2.45, 2.75) is 39.5 Å². The van der Waals surface area contributed by atoms with E-state index in [0.717, 1.165) is 29.0 Å². The Kier molecular flexibility index (Phi) is 8.35. The molecule has 0 amide bonds. The maximum atomic E-state index is 5.91. The third kappa shape index (κ3) is 6.24. The number of hydrogen-bond acceptors (Lipinski definition) is 6. The van der Waals surface area contributed by atoms with Gasteiger partial charge in [0, 0.05) is 56.6 Å². The third-order valence-electron chi connectivity index (χ3n) is 4.87. The summed E-state index contributed by atoms with van der Waals surface area (Å²) in [6, 6.07) is 8.01. The summed E-state index contributed by atoms with van der Waals surface area (Å²) in [5, 5.41) is 6.66. The number of ether oxygens (including phenoxy) is 4. The largest absolute Gasteiger partial charge is 0.494 e. The average molecular weight is 429 g/mol. The average Bonchev–Trinajstić information content (AvgIpc) is 3.14. The molecule has 0 saturated carbocycles. The zero-order valence-corrected chi connectivity index (χ0v) is 18.7. The molecular weight excluding hydrogens is 396 g/mol. The molecule has 8 nitrogen and oxygen atoms in total. The first-order valence-corrected chi connectivity index (χ1v) is 10.6. The van der Waals surface area contributed by atoms with Crippen LogP contribution in [0.25, 0.3) is 0 Å². The first-order chi connectivity index (χ1) is 15.1. The van der Waals surface area contributed by atoms with Crippen LogP contribution in [0.1, 0.15) is 30.5 Å². The number of nitrogens with one attached hydrogen (secondary N) is 2. The van der Waals surface area contributed by atoms with Gasteiger partial charge in [0.1, 0.15) is 24.2 Å². The van der Waals surface area contributed by atoms with E-state index in [1.807, 2.05) is 19.1 Å². The van der Waals surface area contributed by atoms with Crippen LogP contribution in [-0.2, 0) is 24.2 Å². The molecule has 1 aromatic carbocycles. The highest BCUT2D eigenvalue weighted by molar-refractivity contribution is 5.79. The van der Waals surface area contributed by atoms with Gasteiger partial charge in [-0.15, -0.1) is 0 Å². The Bertz CT molecular complexity index is 888. The van der Waals surface area contributed by atoms with E-state index in [4.69, 9.17) is 18.9 Å². The van der Waals surface area contributed by atoms with Gasteiger partial charge in [0.2, 0.25) is 5.88 Å². The summed E-state index contributed by atoms with van der Waals surface area (Å²) < 4.78 is 22.5. The molecule has 1 unspecified atom stereocenters. The summed E-state index contributed by atoms with van der Waals surface area (Å²) in [5.41, 5.74) is 3.17. The zero-order chi connectivity index (χ0) is 22.1. The second-order valence-corrected chi connectivity index (χ2v) is 7.22. The standard InChI is InChI=1S/C23H32N4O4/c1-5-29-20-12-18-11-16(2)31-21(18)13-19(20)15-27-23(24-3)26-14-17-7-6-8-25-22(17)30-10-9-28-4/h6-8,12-13,16H,5,9-11,14-15H2,1-4H3,(H2,24,26,27). The van der Waals surface area contributed by atoms with E-state index >= 15 is 0 Å². The fourth-order valence-electron chi connectivity index (χ4n) is 3.40. The summed E-state index contributed by atoms with van der Waals surface area (Å²) in [4.78, 5) is 8.64. The maximum absolute atomic E-state index is 5.91. The molecule has 0 saturated heterocycles. The van der Waals surface area contributed by atoms with Crippen LogP contribution in [-0.4, -0.2) is 51.0 Å². The normalized spacial score (nSPS) is 15.2. The molecule has 2 aromatic rings. The Morgan fingerprint density at radius 1 is 1.19 bits per heavy atom. The van der Waals surface area contributed by atoms with Crippen molar-refractivity contribution in [3.05, 3.63) is 47.2 Å². The minimum atomic E-state index is 0.196. The second kappa shape index (κ2) is 11.4. The lowest BCUT2D eigenvalue weighted by Gasteiger charge is -2.16. The van der Waals surface area contributed by atoms with Crippen molar-refractivity contribution in [3.63, 3.8) is 0 Å². The Morgan fingerprint density at radius 3 is 2.74 bits per heavy atom. The summed E-state index contributed by atoms with van der Waals surface area (Å²) in [6.07, 6.45) is 2.82. The van der Waals surface area contributed by atoms with E-state index in [1.54, 1.807) is 20.4 Å². The van der Waals surface area contributed by atoms with Crippen LogP contribution in [0.3, 0.4) is 0 Å². The van der Waals surface area contributed by atoms with E-state index in [-0.39, 0.29) is 6.10 Å². The molecule has 1 aliphatic rings. The van der Waals surface area contributed by atoms with Gasteiger partial charge in [0.25, 0.3) is 0 Å². The van der Waals surface area contributed by atoms with E-state index in [9.17, 15) is 0 Å². The van der Waals surface area contributed by atoms with Gasteiger partial charge in [0.05, 0.1) is 13.2 Å². The summed E-state index contributed by atoms with van der Waals surface area (Å²) >= 11 is 0. The van der Waals surface area contributed by atoms with Gasteiger partial charge < -0.3 is 29.6 Å². The summed E-state index contributed by atoms with van der Waals surface area (Å²) in [5.74, 6) is 3.07. The van der Waals surface area contributed by atoms with Crippen LogP contribution in [0.15, 0.2) is 35.5 Å². The quantitative estimate of drug-likeness (QED) is 0.342. The van der Waals surface area contributed by atoms with Crippen molar-refractivity contribution in [2.24, 2.45) is 4.99 Å². The molecule has 0 spiro atoms. The fourth-order valence-corrected chi connectivity index (χ4v) is 3.40. The van der Waals surface area contributed by atoms with Gasteiger partial charge >= 0.3 is 0 Å². The number of aromatic nitrogens is 1. The predicted octanol–water partition coefficient (Wildman–Crippen LogP) is 2.69. The molecular formula is C23H32N4O4. The molecule has 31 heavy (non-hydrogen) atoms. The highest BCUT2D eigenvalue weighted by Gasteiger charge is 2.22. The van der Waals surface area contributed by atoms with Crippen molar-refractivity contribution in [1.29, 1.82) is 0 Å². The molecule has 8 heteroatoms. The number of pyridine rings is 1. The Labute approximate surface area is 184 Å². The smallest absolute Gasteiger partial charge is 0.218 e. The number of aliphatic imine (C=N–C) groups is 1. The Balaban J connectivity index is 1.61. The number of benzene rings is 1. The number of methoxy groups -OCH3 is 1. The molecule has 0 bridgehead atoms. The molecule has 2 heterocycles. The number of fused-ring (bicyclic) bond motifs is 1. The first-order valence-electron chi connectivity index (χ1n) is 10.6. The van der Waals surface area contributed by atoms with Crippen molar-refractivity contribution >= 4 is 5.96 Å². The molecule has 3 rings (SSSR count). The van der Waals surface area contributed by atoms with Crippen molar-refractivity contribution in [3.8, 4) is 17.4 Å². The third-order valence-corrected chi connectivity index (χ3v) is 4.87. The lowest BCUT2D eigenvalue weighted by molar-refractivity contribution is 0.143.